The fraction of sp³-hybridized carbons (Fsp3) is 0.294. The maximum atomic E-state index is 8.85. The molecule has 0 aliphatic heterocycles. The van der Waals surface area contributed by atoms with E-state index in [4.69, 9.17) is 5.26 Å². The number of hydrogen-bond acceptors (Lipinski definition) is 4. The van der Waals surface area contributed by atoms with Crippen molar-refractivity contribution in [1.82, 2.24) is 9.88 Å². The van der Waals surface area contributed by atoms with Crippen molar-refractivity contribution in [3.05, 3.63) is 59.3 Å². The Hall–Kier alpha value is -2.38. The van der Waals surface area contributed by atoms with Gasteiger partial charge in [0.15, 0.2) is 0 Å². The number of nitrogens with one attached hydrogen (secondary N) is 1. The van der Waals surface area contributed by atoms with E-state index in [1.807, 2.05) is 18.2 Å². The molecule has 0 saturated carbocycles. The molecule has 1 N–H and O–H groups in total. The molecule has 0 aliphatic rings. The maximum absolute atomic E-state index is 8.85. The van der Waals surface area contributed by atoms with E-state index in [1.54, 1.807) is 6.07 Å². The Labute approximate surface area is 126 Å². The molecule has 0 atom stereocenters. The number of rotatable bonds is 6. The minimum Gasteiger partial charge on any atom is -0.366 e. The molecule has 0 unspecified atom stereocenters. The Morgan fingerprint density at radius 3 is 2.71 bits per heavy atom. The minimum atomic E-state index is 0.429. The van der Waals surface area contributed by atoms with Crippen LogP contribution in [0.25, 0.3) is 0 Å². The Kier molecular flexibility index (Phi) is 5.30. The summed E-state index contributed by atoms with van der Waals surface area (Å²) in [6, 6.07) is 16.0. The van der Waals surface area contributed by atoms with Crippen LogP contribution in [0.5, 0.6) is 0 Å². The lowest BCUT2D eigenvalue weighted by Gasteiger charge is -2.14. The van der Waals surface area contributed by atoms with Gasteiger partial charge in [0, 0.05) is 13.1 Å². The highest BCUT2D eigenvalue weighted by Gasteiger charge is 2.01. The van der Waals surface area contributed by atoms with Gasteiger partial charge in [0.05, 0.1) is 0 Å². The first kappa shape index (κ1) is 15.0. The van der Waals surface area contributed by atoms with Crippen LogP contribution in [0.4, 0.5) is 5.82 Å². The number of anilines is 1. The van der Waals surface area contributed by atoms with Crippen molar-refractivity contribution >= 4 is 5.82 Å². The van der Waals surface area contributed by atoms with Crippen LogP contribution >= 0.6 is 0 Å². The van der Waals surface area contributed by atoms with Crippen molar-refractivity contribution in [3.8, 4) is 6.07 Å². The number of hydrogen-bond donors (Lipinski definition) is 1. The normalized spacial score (nSPS) is 10.4. The van der Waals surface area contributed by atoms with E-state index in [2.05, 4.69) is 53.4 Å². The number of aromatic nitrogens is 1. The van der Waals surface area contributed by atoms with Gasteiger partial charge in [-0.2, -0.15) is 5.26 Å². The van der Waals surface area contributed by atoms with Crippen LogP contribution in [0.3, 0.4) is 0 Å². The zero-order valence-electron chi connectivity index (χ0n) is 12.5. The molecule has 0 bridgehead atoms. The smallest absolute Gasteiger partial charge is 0.142 e. The number of nitrogens with zero attached hydrogens (tertiary/aromatic N) is 3. The van der Waals surface area contributed by atoms with Crippen LogP contribution in [0.2, 0.25) is 0 Å². The summed E-state index contributed by atoms with van der Waals surface area (Å²) in [5, 5.41) is 12.1. The molecule has 21 heavy (non-hydrogen) atoms. The van der Waals surface area contributed by atoms with Crippen LogP contribution < -0.4 is 5.32 Å². The minimum absolute atomic E-state index is 0.429. The summed E-state index contributed by atoms with van der Waals surface area (Å²) in [6.45, 7) is 4.84. The Bertz CT molecular complexity index is 631. The molecule has 0 radical (unpaired) electrons. The molecule has 2 aromatic rings. The third kappa shape index (κ3) is 4.59. The lowest BCUT2D eigenvalue weighted by Crippen LogP contribution is -2.16. The van der Waals surface area contributed by atoms with Crippen molar-refractivity contribution in [2.24, 2.45) is 0 Å². The Morgan fingerprint density at radius 2 is 1.95 bits per heavy atom. The van der Waals surface area contributed by atoms with Gasteiger partial charge in [0.1, 0.15) is 17.6 Å². The molecule has 0 amide bonds. The first-order valence-electron chi connectivity index (χ1n) is 7.08. The lowest BCUT2D eigenvalue weighted by molar-refractivity contribution is 0.345. The van der Waals surface area contributed by atoms with Crippen LogP contribution in [0, 0.1) is 11.3 Å². The Morgan fingerprint density at radius 1 is 1.19 bits per heavy atom. The highest BCUT2D eigenvalue weighted by molar-refractivity contribution is 5.39. The van der Waals surface area contributed by atoms with Gasteiger partial charge in [-0.15, -0.1) is 0 Å². The zero-order valence-corrected chi connectivity index (χ0v) is 12.5. The summed E-state index contributed by atoms with van der Waals surface area (Å²) in [5.41, 5.74) is 2.94. The lowest BCUT2D eigenvalue weighted by atomic mass is 10.1. The second kappa shape index (κ2) is 7.41. The van der Waals surface area contributed by atoms with Gasteiger partial charge in [-0.3, -0.25) is 0 Å². The van der Waals surface area contributed by atoms with Gasteiger partial charge in [0.2, 0.25) is 0 Å². The number of pyridine rings is 1. The van der Waals surface area contributed by atoms with Gasteiger partial charge < -0.3 is 10.2 Å². The average Bonchev–Trinajstić information content (AvgIpc) is 2.53. The SMILES string of the molecule is CCN(C)Cc1cccc(CNc2cccc(C#N)n2)c1. The third-order valence-electron chi connectivity index (χ3n) is 3.32. The van der Waals surface area contributed by atoms with Crippen molar-refractivity contribution in [2.45, 2.75) is 20.0 Å². The van der Waals surface area contributed by atoms with E-state index in [-0.39, 0.29) is 0 Å². The van der Waals surface area contributed by atoms with Crippen LogP contribution in [0.15, 0.2) is 42.5 Å². The van der Waals surface area contributed by atoms with E-state index in [0.29, 0.717) is 12.2 Å². The molecule has 108 valence electrons. The van der Waals surface area contributed by atoms with Crippen LogP contribution in [-0.4, -0.2) is 23.5 Å². The van der Waals surface area contributed by atoms with Crippen molar-refractivity contribution < 1.29 is 0 Å². The summed E-state index contributed by atoms with van der Waals surface area (Å²) < 4.78 is 0. The van der Waals surface area contributed by atoms with Gasteiger partial charge >= 0.3 is 0 Å². The quantitative estimate of drug-likeness (QED) is 0.883. The molecule has 4 nitrogen and oxygen atoms in total. The molecule has 0 spiro atoms. The highest BCUT2D eigenvalue weighted by atomic mass is 15.1. The van der Waals surface area contributed by atoms with Gasteiger partial charge in [-0.25, -0.2) is 4.98 Å². The van der Waals surface area contributed by atoms with E-state index in [0.717, 1.165) is 18.9 Å². The molecule has 1 aromatic heterocycles. The predicted molar refractivity (Wildman–Crippen MR) is 84.7 cm³/mol. The predicted octanol–water partition coefficient (Wildman–Crippen LogP) is 3.02. The average molecular weight is 280 g/mol. The summed E-state index contributed by atoms with van der Waals surface area (Å²) in [5.74, 6) is 0.727. The van der Waals surface area contributed by atoms with E-state index < -0.39 is 0 Å². The summed E-state index contributed by atoms with van der Waals surface area (Å²) >= 11 is 0. The maximum Gasteiger partial charge on any atom is 0.142 e. The summed E-state index contributed by atoms with van der Waals surface area (Å²) in [4.78, 5) is 6.48. The molecule has 0 saturated heterocycles. The second-order valence-corrected chi connectivity index (χ2v) is 5.02. The van der Waals surface area contributed by atoms with Crippen molar-refractivity contribution in [2.75, 3.05) is 18.9 Å². The van der Waals surface area contributed by atoms with Gasteiger partial charge in [-0.05, 0) is 36.9 Å². The third-order valence-corrected chi connectivity index (χ3v) is 3.32. The zero-order chi connectivity index (χ0) is 15.1. The first-order chi connectivity index (χ1) is 10.2. The fourth-order valence-electron chi connectivity index (χ4n) is 2.05. The second-order valence-electron chi connectivity index (χ2n) is 5.02. The standard InChI is InChI=1S/C17H20N4/c1-3-21(2)13-15-7-4-6-14(10-15)12-19-17-9-5-8-16(11-18)20-17/h4-10H,3,12-13H2,1-2H3,(H,19,20). The monoisotopic (exact) mass is 280 g/mol. The molecule has 1 aromatic carbocycles. The molecule has 0 fully saturated rings. The first-order valence-corrected chi connectivity index (χ1v) is 7.08. The van der Waals surface area contributed by atoms with Crippen molar-refractivity contribution in [1.29, 1.82) is 5.26 Å². The van der Waals surface area contributed by atoms with Gasteiger partial charge in [-0.1, -0.05) is 37.3 Å². The van der Waals surface area contributed by atoms with E-state index in [1.165, 1.54) is 11.1 Å². The molecular weight excluding hydrogens is 260 g/mol. The van der Waals surface area contributed by atoms with E-state index in [9.17, 15) is 0 Å². The molecule has 0 aliphatic carbocycles. The fourth-order valence-corrected chi connectivity index (χ4v) is 2.05. The van der Waals surface area contributed by atoms with E-state index >= 15 is 0 Å². The molecule has 4 heteroatoms. The molecule has 2 rings (SSSR count). The Balaban J connectivity index is 1.99. The highest BCUT2D eigenvalue weighted by Crippen LogP contribution is 2.10. The summed E-state index contributed by atoms with van der Waals surface area (Å²) in [6.07, 6.45) is 0. The number of nitriles is 1. The molecule has 1 heterocycles. The van der Waals surface area contributed by atoms with Crippen LogP contribution in [0.1, 0.15) is 23.7 Å². The largest absolute Gasteiger partial charge is 0.366 e. The number of benzene rings is 1. The van der Waals surface area contributed by atoms with Crippen molar-refractivity contribution in [3.63, 3.8) is 0 Å². The topological polar surface area (TPSA) is 52.0 Å². The van der Waals surface area contributed by atoms with Gasteiger partial charge in [0.25, 0.3) is 0 Å². The van der Waals surface area contributed by atoms with Crippen LogP contribution in [-0.2, 0) is 13.1 Å². The molecular formula is C17H20N4. The summed E-state index contributed by atoms with van der Waals surface area (Å²) in [7, 11) is 2.11.